The zero-order valence-electron chi connectivity index (χ0n) is 17.4. The van der Waals surface area contributed by atoms with Crippen LogP contribution < -0.4 is 0 Å². The number of ether oxygens (including phenoxy) is 1. The van der Waals surface area contributed by atoms with E-state index in [0.717, 1.165) is 56.8 Å². The van der Waals surface area contributed by atoms with E-state index in [1.54, 1.807) is 6.92 Å². The van der Waals surface area contributed by atoms with E-state index >= 15 is 0 Å². The second kappa shape index (κ2) is 6.96. The standard InChI is InChI=1S/C24H32O4/c1-4-22(27)28-21(14-25)20-8-7-18-17-6-5-15-13-16(26)9-11-23(15,2)19(17)10-12-24(18,20)3/h13-14,17-19H,4-12H2,1-3H3/t17-,18-,19-,23-,24-/m0/s1. The summed E-state index contributed by atoms with van der Waals surface area (Å²) in [7, 11) is 0. The highest BCUT2D eigenvalue weighted by Gasteiger charge is 2.58. The van der Waals surface area contributed by atoms with E-state index in [4.69, 9.17) is 4.74 Å². The van der Waals surface area contributed by atoms with E-state index in [1.165, 1.54) is 5.57 Å². The van der Waals surface area contributed by atoms with E-state index in [2.05, 4.69) is 13.8 Å². The zero-order chi connectivity index (χ0) is 20.1. The van der Waals surface area contributed by atoms with Crippen molar-refractivity contribution in [1.29, 1.82) is 0 Å². The summed E-state index contributed by atoms with van der Waals surface area (Å²) in [6.45, 7) is 6.43. The Morgan fingerprint density at radius 3 is 2.57 bits per heavy atom. The molecule has 0 spiro atoms. The summed E-state index contributed by atoms with van der Waals surface area (Å²) in [5.41, 5.74) is 2.56. The van der Waals surface area contributed by atoms with Gasteiger partial charge in [-0.2, -0.15) is 0 Å². The highest BCUT2D eigenvalue weighted by Crippen LogP contribution is 2.66. The molecule has 4 nitrogen and oxygen atoms in total. The third-order valence-corrected chi connectivity index (χ3v) is 8.66. The second-order valence-corrected chi connectivity index (χ2v) is 9.75. The molecule has 5 atom stereocenters. The molecule has 0 bridgehead atoms. The van der Waals surface area contributed by atoms with Crippen LogP contribution in [-0.4, -0.2) is 18.0 Å². The molecular formula is C24H32O4. The van der Waals surface area contributed by atoms with E-state index in [1.807, 2.05) is 6.08 Å². The number of hydrogen-bond acceptors (Lipinski definition) is 4. The van der Waals surface area contributed by atoms with Crippen LogP contribution in [0.2, 0.25) is 0 Å². The van der Waals surface area contributed by atoms with Crippen molar-refractivity contribution < 1.29 is 19.1 Å². The first-order valence-electron chi connectivity index (χ1n) is 11.0. The van der Waals surface area contributed by atoms with E-state index in [9.17, 15) is 14.4 Å². The summed E-state index contributed by atoms with van der Waals surface area (Å²) in [4.78, 5) is 35.5. The molecule has 0 heterocycles. The van der Waals surface area contributed by atoms with Gasteiger partial charge in [0.05, 0.1) is 0 Å². The first-order chi connectivity index (χ1) is 13.3. The lowest BCUT2D eigenvalue weighted by Crippen LogP contribution is -2.49. The Bertz CT molecular complexity index is 775. The summed E-state index contributed by atoms with van der Waals surface area (Å²) in [5.74, 6) is 2.03. The average molecular weight is 385 g/mol. The highest BCUT2D eigenvalue weighted by molar-refractivity contribution is 5.91. The number of carbonyl (C=O) groups is 3. The first-order valence-corrected chi connectivity index (χ1v) is 11.0. The fourth-order valence-corrected chi connectivity index (χ4v) is 7.13. The van der Waals surface area contributed by atoms with Crippen molar-refractivity contribution in [3.05, 3.63) is 23.0 Å². The van der Waals surface area contributed by atoms with E-state index in [-0.39, 0.29) is 29.0 Å². The van der Waals surface area contributed by atoms with Crippen LogP contribution in [0.25, 0.3) is 0 Å². The van der Waals surface area contributed by atoms with Crippen LogP contribution in [0.1, 0.15) is 78.6 Å². The zero-order valence-corrected chi connectivity index (χ0v) is 17.4. The van der Waals surface area contributed by atoms with Gasteiger partial charge in [-0.15, -0.1) is 0 Å². The van der Waals surface area contributed by atoms with Crippen molar-refractivity contribution in [2.75, 3.05) is 0 Å². The molecule has 152 valence electrons. The number of esters is 1. The van der Waals surface area contributed by atoms with Crippen molar-refractivity contribution in [2.45, 2.75) is 78.6 Å². The Labute approximate surface area is 167 Å². The smallest absolute Gasteiger partial charge is 0.311 e. The maximum atomic E-state index is 12.0. The van der Waals surface area contributed by atoms with Gasteiger partial charge in [-0.3, -0.25) is 14.4 Å². The quantitative estimate of drug-likeness (QED) is 0.300. The lowest BCUT2D eigenvalue weighted by atomic mass is 9.47. The second-order valence-electron chi connectivity index (χ2n) is 9.75. The maximum absolute atomic E-state index is 12.0. The van der Waals surface area contributed by atoms with Crippen molar-refractivity contribution in [1.82, 2.24) is 0 Å². The average Bonchev–Trinajstić information content (AvgIpc) is 3.03. The molecule has 4 rings (SSSR count). The minimum absolute atomic E-state index is 0.0481. The lowest BCUT2D eigenvalue weighted by molar-refractivity contribution is -0.141. The van der Waals surface area contributed by atoms with Gasteiger partial charge < -0.3 is 4.74 Å². The third kappa shape index (κ3) is 2.83. The molecule has 0 N–H and O–H groups in total. The van der Waals surface area contributed by atoms with Gasteiger partial charge in [0, 0.05) is 12.8 Å². The molecule has 4 aliphatic carbocycles. The molecule has 0 saturated heterocycles. The minimum atomic E-state index is -0.331. The summed E-state index contributed by atoms with van der Waals surface area (Å²) in [5, 5.41) is 0. The van der Waals surface area contributed by atoms with Crippen LogP contribution in [-0.2, 0) is 19.1 Å². The predicted molar refractivity (Wildman–Crippen MR) is 106 cm³/mol. The van der Waals surface area contributed by atoms with Crippen molar-refractivity contribution >= 4 is 18.0 Å². The number of aldehydes is 1. The van der Waals surface area contributed by atoms with Crippen LogP contribution in [0, 0.1) is 28.6 Å². The monoisotopic (exact) mass is 384 g/mol. The third-order valence-electron chi connectivity index (χ3n) is 8.66. The minimum Gasteiger partial charge on any atom is -0.423 e. The fourth-order valence-electron chi connectivity index (χ4n) is 7.13. The Morgan fingerprint density at radius 1 is 1.11 bits per heavy atom. The summed E-state index contributed by atoms with van der Waals surface area (Å²) >= 11 is 0. The van der Waals surface area contributed by atoms with Crippen molar-refractivity contribution in [2.24, 2.45) is 28.6 Å². The Hall–Kier alpha value is -1.71. The summed E-state index contributed by atoms with van der Waals surface area (Å²) < 4.78 is 5.43. The van der Waals surface area contributed by atoms with Gasteiger partial charge in [0.2, 0.25) is 0 Å². The molecule has 0 amide bonds. The fraction of sp³-hybridized carbons (Fsp3) is 0.708. The van der Waals surface area contributed by atoms with Crippen LogP contribution in [0.5, 0.6) is 0 Å². The highest BCUT2D eigenvalue weighted by atomic mass is 16.5. The van der Waals surface area contributed by atoms with Gasteiger partial charge >= 0.3 is 5.97 Å². The number of fused-ring (bicyclic) bond motifs is 5. The van der Waals surface area contributed by atoms with Crippen molar-refractivity contribution in [3.8, 4) is 0 Å². The Balaban J connectivity index is 1.66. The van der Waals surface area contributed by atoms with Crippen LogP contribution in [0.4, 0.5) is 0 Å². The van der Waals surface area contributed by atoms with Crippen LogP contribution in [0.15, 0.2) is 23.0 Å². The largest absolute Gasteiger partial charge is 0.423 e. The van der Waals surface area contributed by atoms with Gasteiger partial charge in [0.1, 0.15) is 0 Å². The lowest BCUT2D eigenvalue weighted by Gasteiger charge is -2.57. The Kier molecular flexibility index (Phi) is 4.87. The molecule has 0 aromatic rings. The molecular weight excluding hydrogens is 352 g/mol. The predicted octanol–water partition coefficient (Wildman–Crippen LogP) is 4.92. The normalized spacial score (nSPS) is 41.3. The van der Waals surface area contributed by atoms with Crippen LogP contribution >= 0.6 is 0 Å². The molecule has 0 aliphatic heterocycles. The maximum Gasteiger partial charge on any atom is 0.311 e. The molecule has 4 aliphatic rings. The van der Waals surface area contributed by atoms with E-state index in [0.29, 0.717) is 30.0 Å². The number of hydrogen-bond donors (Lipinski definition) is 0. The molecule has 4 heteroatoms. The SMILES string of the molecule is CCC(=O)OC(C=O)=C1CC[C@H]2[C@@H]3CCC4=CC(=O)CC[C@]4(C)[C@H]3CC[C@]12C. The molecule has 3 saturated carbocycles. The topological polar surface area (TPSA) is 60.4 Å². The van der Waals surface area contributed by atoms with Gasteiger partial charge in [-0.25, -0.2) is 0 Å². The van der Waals surface area contributed by atoms with Gasteiger partial charge in [0.25, 0.3) is 0 Å². The molecule has 0 radical (unpaired) electrons. The summed E-state index contributed by atoms with van der Waals surface area (Å²) in [6.07, 6.45) is 10.9. The molecule has 28 heavy (non-hydrogen) atoms. The number of allylic oxidation sites excluding steroid dienone is 3. The number of ketones is 1. The molecule has 0 aromatic heterocycles. The van der Waals surface area contributed by atoms with Gasteiger partial charge in [-0.1, -0.05) is 26.3 Å². The summed E-state index contributed by atoms with van der Waals surface area (Å²) in [6, 6.07) is 0. The van der Waals surface area contributed by atoms with Gasteiger partial charge in [-0.05, 0) is 85.2 Å². The Morgan fingerprint density at radius 2 is 1.86 bits per heavy atom. The first kappa shape index (κ1) is 19.6. The van der Waals surface area contributed by atoms with Gasteiger partial charge in [0.15, 0.2) is 17.8 Å². The van der Waals surface area contributed by atoms with Crippen LogP contribution in [0.3, 0.4) is 0 Å². The van der Waals surface area contributed by atoms with E-state index < -0.39 is 0 Å². The molecule has 3 fully saturated rings. The number of rotatable bonds is 3. The molecule has 0 aromatic carbocycles. The number of carbonyl (C=O) groups excluding carboxylic acids is 3. The molecule has 0 unspecified atom stereocenters. The van der Waals surface area contributed by atoms with Crippen molar-refractivity contribution in [3.63, 3.8) is 0 Å².